The molecule has 1 aliphatic carbocycles. The number of aryl methyl sites for hydroxylation is 1. The fourth-order valence-electron chi connectivity index (χ4n) is 2.14. The third-order valence-electron chi connectivity index (χ3n) is 3.09. The van der Waals surface area contributed by atoms with E-state index in [0.717, 1.165) is 0 Å². The molecule has 1 N–H and O–H groups in total. The summed E-state index contributed by atoms with van der Waals surface area (Å²) >= 11 is -0.757. The maximum absolute atomic E-state index is 4.20. The van der Waals surface area contributed by atoms with Gasteiger partial charge in [0.25, 0.3) is 0 Å². The molecule has 2 aromatic rings. The van der Waals surface area contributed by atoms with Crippen LogP contribution in [0.1, 0.15) is 5.56 Å². The molecule has 0 aliphatic heterocycles. The third-order valence-corrected chi connectivity index (χ3v) is 7.09. The Hall–Kier alpha value is -0.557. The predicted molar refractivity (Wildman–Crippen MR) is 67.9 cm³/mol. The van der Waals surface area contributed by atoms with Crippen LogP contribution >= 0.6 is 0 Å². The van der Waals surface area contributed by atoms with Gasteiger partial charge >= 0.3 is 113 Å². The second-order valence-corrected chi connectivity index (χ2v) is 7.37. The van der Waals surface area contributed by atoms with Crippen LogP contribution in [0.2, 0.25) is 0 Å². The number of rotatable bonds is 2. The minimum atomic E-state index is -0.757. The molecule has 1 heterocycles. The summed E-state index contributed by atoms with van der Waals surface area (Å²) in [5.41, 5.74) is 2.60. The summed E-state index contributed by atoms with van der Waals surface area (Å²) in [5, 5.41) is 2.73. The van der Waals surface area contributed by atoms with E-state index in [4.69, 9.17) is 0 Å². The Labute approximate surface area is 136 Å². The van der Waals surface area contributed by atoms with Crippen molar-refractivity contribution in [3.05, 3.63) is 64.7 Å². The quantitative estimate of drug-likeness (QED) is 0.547. The van der Waals surface area contributed by atoms with Gasteiger partial charge in [-0.15, -0.1) is 0 Å². The smallest absolute Gasteiger partial charge is 1.00 e. The molecule has 0 fully saturated rings. The summed E-state index contributed by atoms with van der Waals surface area (Å²) in [5.74, 6) is 0. The van der Waals surface area contributed by atoms with Gasteiger partial charge < -0.3 is 24.8 Å². The number of allylic oxidation sites excluding steroid dienone is 1. The molecule has 1 aromatic heterocycles. The minimum absolute atomic E-state index is 0. The summed E-state index contributed by atoms with van der Waals surface area (Å²) in [6, 6.07) is 10.8. The zero-order valence-electron chi connectivity index (χ0n) is 10.5. The van der Waals surface area contributed by atoms with Crippen molar-refractivity contribution in [3.63, 3.8) is 0 Å². The van der Waals surface area contributed by atoms with Gasteiger partial charge in [-0.25, -0.2) is 0 Å². The van der Waals surface area contributed by atoms with Gasteiger partial charge in [0, 0.05) is 0 Å². The van der Waals surface area contributed by atoms with Crippen LogP contribution in [0.4, 0.5) is 0 Å². The second kappa shape index (κ2) is 6.74. The standard InChI is InChI=1S/C10H7.C5H6N.2ClH.Zr/c1-8-6-9-4-2-3-5-10(9)7-8;1-5-2-3-6-4-5;;;/h2-6H,1H2;2-3,6H,1H3;2*1H;/q;;;;+2/p-2. The molecule has 0 saturated heterocycles. The molecule has 1 aliphatic rings. The van der Waals surface area contributed by atoms with Crippen LogP contribution in [-0.4, -0.2) is 4.98 Å². The fraction of sp³-hybridized carbons (Fsp3) is 0.0667. The van der Waals surface area contributed by atoms with Gasteiger partial charge in [0.15, 0.2) is 0 Å². The maximum Gasteiger partial charge on any atom is -1.00 e. The van der Waals surface area contributed by atoms with Gasteiger partial charge in [0.1, 0.15) is 0 Å². The van der Waals surface area contributed by atoms with Crippen molar-refractivity contribution in [2.24, 2.45) is 0 Å². The molecule has 0 spiro atoms. The molecule has 4 heteroatoms. The minimum Gasteiger partial charge on any atom is -1.00 e. The number of hydrogen-bond donors (Lipinski definition) is 1. The summed E-state index contributed by atoms with van der Waals surface area (Å²) in [6.07, 6.45) is 4.25. The molecule has 0 unspecified atom stereocenters. The van der Waals surface area contributed by atoms with E-state index in [9.17, 15) is 0 Å². The zero-order chi connectivity index (χ0) is 11.8. The van der Waals surface area contributed by atoms with E-state index in [1.807, 2.05) is 6.20 Å². The molecule has 0 atom stereocenters. The average Bonchev–Trinajstić information content (AvgIpc) is 2.85. The largest absolute Gasteiger partial charge is 1.00 e. The molecule has 1 aromatic carbocycles. The van der Waals surface area contributed by atoms with Crippen molar-refractivity contribution in [1.82, 2.24) is 4.98 Å². The molecule has 0 amide bonds. The number of aromatic amines is 1. The van der Waals surface area contributed by atoms with Crippen LogP contribution in [0, 0.1) is 6.92 Å². The Kier molecular flexibility index (Phi) is 5.86. The van der Waals surface area contributed by atoms with Gasteiger partial charge in [0.2, 0.25) is 0 Å². The molecule has 1 nitrogen and oxygen atoms in total. The first-order chi connectivity index (χ1) is 8.25. The number of aromatic nitrogens is 1. The van der Waals surface area contributed by atoms with E-state index in [2.05, 4.69) is 54.9 Å². The number of benzene rings is 1. The summed E-state index contributed by atoms with van der Waals surface area (Å²) in [6.45, 7) is 6.38. The van der Waals surface area contributed by atoms with Gasteiger partial charge in [-0.3, -0.25) is 0 Å². The normalized spacial score (nSPS) is 11.8. The molecule has 0 saturated carbocycles. The number of fused-ring (bicyclic) bond motifs is 1. The second-order valence-electron chi connectivity index (χ2n) is 4.29. The first-order valence-corrected chi connectivity index (χ1v) is 8.13. The predicted octanol–water partition coefficient (Wildman–Crippen LogP) is -4.80. The first kappa shape index (κ1) is 16.5. The summed E-state index contributed by atoms with van der Waals surface area (Å²) < 4.78 is 2.96. The van der Waals surface area contributed by atoms with Crippen LogP contribution in [0.15, 0.2) is 48.7 Å². The van der Waals surface area contributed by atoms with E-state index in [1.165, 1.54) is 28.3 Å². The molecule has 19 heavy (non-hydrogen) atoms. The van der Waals surface area contributed by atoms with Crippen LogP contribution in [0.5, 0.6) is 0 Å². The average molecular weight is 369 g/mol. The van der Waals surface area contributed by atoms with Crippen molar-refractivity contribution in [1.29, 1.82) is 0 Å². The Bertz CT molecular complexity index is 716. The zero-order valence-corrected chi connectivity index (χ0v) is 14.5. The molecular weight excluding hydrogens is 356 g/mol. The number of hydrogen-bond acceptors (Lipinski definition) is 0. The van der Waals surface area contributed by atoms with E-state index in [0.29, 0.717) is 0 Å². The van der Waals surface area contributed by atoms with Crippen LogP contribution in [0.25, 0.3) is 9.36 Å². The molecule has 3 rings (SSSR count). The number of nitrogens with one attached hydrogen (secondary N) is 1. The summed E-state index contributed by atoms with van der Waals surface area (Å²) in [7, 11) is 0. The Balaban J connectivity index is 0.000000902. The molecule has 96 valence electrons. The summed E-state index contributed by atoms with van der Waals surface area (Å²) in [4.78, 5) is 3.38. The fourth-order valence-corrected chi connectivity index (χ4v) is 5.29. The van der Waals surface area contributed by atoms with Crippen molar-refractivity contribution < 1.29 is 48.0 Å². The Morgan fingerprint density at radius 3 is 2.53 bits per heavy atom. The topological polar surface area (TPSA) is 15.8 Å². The monoisotopic (exact) mass is 367 g/mol. The van der Waals surface area contributed by atoms with Gasteiger partial charge in [-0.1, -0.05) is 0 Å². The Morgan fingerprint density at radius 1 is 1.11 bits per heavy atom. The van der Waals surface area contributed by atoms with Crippen molar-refractivity contribution in [2.45, 2.75) is 6.92 Å². The molecule has 0 radical (unpaired) electrons. The maximum atomic E-state index is 4.20. The van der Waals surface area contributed by atoms with Crippen LogP contribution in [-0.2, 0) is 23.2 Å². The van der Waals surface area contributed by atoms with Crippen molar-refractivity contribution >= 4 is 12.8 Å². The number of H-pyrrole nitrogens is 1. The van der Waals surface area contributed by atoms with E-state index in [-0.39, 0.29) is 24.8 Å². The van der Waals surface area contributed by atoms with E-state index < -0.39 is 23.2 Å². The van der Waals surface area contributed by atoms with Crippen molar-refractivity contribution in [2.75, 3.05) is 0 Å². The molecule has 0 bridgehead atoms. The first-order valence-electron chi connectivity index (χ1n) is 5.67. The van der Waals surface area contributed by atoms with Crippen LogP contribution < -0.4 is 38.7 Å². The van der Waals surface area contributed by atoms with E-state index >= 15 is 0 Å². The van der Waals surface area contributed by atoms with Gasteiger partial charge in [-0.05, 0) is 0 Å². The van der Waals surface area contributed by atoms with Gasteiger partial charge in [-0.2, -0.15) is 0 Å². The number of halogens is 2. The molecular formula is C15H13Cl2NZr. The third kappa shape index (κ3) is 3.13. The van der Waals surface area contributed by atoms with Gasteiger partial charge in [0.05, 0.1) is 0 Å². The SMILES string of the molecule is C=C1C=c2ccccc2=[C]1[Zr+2][c]1[nH]ccc1C.[Cl-].[Cl-]. The van der Waals surface area contributed by atoms with Crippen LogP contribution in [0.3, 0.4) is 0 Å². The Morgan fingerprint density at radius 2 is 1.84 bits per heavy atom. The van der Waals surface area contributed by atoms with E-state index in [1.54, 1.807) is 0 Å². The van der Waals surface area contributed by atoms with Crippen molar-refractivity contribution in [3.8, 4) is 0 Å².